The van der Waals surface area contributed by atoms with Crippen molar-refractivity contribution in [3.8, 4) is 0 Å². The molecule has 3 unspecified atom stereocenters. The molecule has 128 valence electrons. The molecule has 0 aromatic heterocycles. The Morgan fingerprint density at radius 2 is 1.78 bits per heavy atom. The van der Waals surface area contributed by atoms with Gasteiger partial charge in [0.25, 0.3) is 0 Å². The Balaban J connectivity index is 1.76. The van der Waals surface area contributed by atoms with Gasteiger partial charge in [-0.25, -0.2) is 8.42 Å². The number of alkyl halides is 3. The smallest absolute Gasteiger partial charge is 0.327 e. The lowest BCUT2D eigenvalue weighted by molar-refractivity contribution is -0.0328. The Bertz CT molecular complexity index is 676. The summed E-state index contributed by atoms with van der Waals surface area (Å²) in [7, 11) is -3.68. The van der Waals surface area contributed by atoms with Crippen molar-refractivity contribution in [2.24, 2.45) is 17.6 Å². The second-order valence-corrected chi connectivity index (χ2v) is 9.08. The fraction of sp³-hybridized carbons (Fsp3) is 0.571. The highest BCUT2D eigenvalue weighted by molar-refractivity contribution is 8.00. The van der Waals surface area contributed by atoms with Gasteiger partial charge >= 0.3 is 5.51 Å². The minimum atomic E-state index is -4.39. The Kier molecular flexibility index (Phi) is 4.41. The number of hydrogen-bond donors (Lipinski definition) is 1. The minimum Gasteiger partial charge on any atom is -0.327 e. The van der Waals surface area contributed by atoms with E-state index in [0.717, 1.165) is 12.8 Å². The van der Waals surface area contributed by atoms with E-state index in [1.165, 1.54) is 28.6 Å². The van der Waals surface area contributed by atoms with Gasteiger partial charge in [0.2, 0.25) is 10.0 Å². The summed E-state index contributed by atoms with van der Waals surface area (Å²) in [5.74, 6) is 0.477. The van der Waals surface area contributed by atoms with Gasteiger partial charge in [-0.1, -0.05) is 0 Å². The molecule has 0 amide bonds. The zero-order valence-corrected chi connectivity index (χ0v) is 13.8. The van der Waals surface area contributed by atoms with Crippen LogP contribution in [0.2, 0.25) is 0 Å². The number of sulfonamides is 1. The van der Waals surface area contributed by atoms with E-state index >= 15 is 0 Å². The highest BCUT2D eigenvalue weighted by Crippen LogP contribution is 2.40. The highest BCUT2D eigenvalue weighted by atomic mass is 32.2. The first-order valence-corrected chi connectivity index (χ1v) is 9.54. The molecule has 1 heterocycles. The van der Waals surface area contributed by atoms with E-state index in [-0.39, 0.29) is 33.5 Å². The highest BCUT2D eigenvalue weighted by Gasteiger charge is 2.45. The van der Waals surface area contributed by atoms with E-state index in [4.69, 9.17) is 5.73 Å². The molecular formula is C14H17F3N2O2S2. The number of halogens is 3. The van der Waals surface area contributed by atoms with Gasteiger partial charge in [0.1, 0.15) is 0 Å². The Labute approximate surface area is 137 Å². The molecule has 1 aromatic rings. The van der Waals surface area contributed by atoms with Crippen molar-refractivity contribution in [3.05, 3.63) is 24.3 Å². The molecule has 1 saturated carbocycles. The van der Waals surface area contributed by atoms with Crippen LogP contribution in [0.1, 0.15) is 12.8 Å². The van der Waals surface area contributed by atoms with E-state index in [0.29, 0.717) is 19.0 Å². The fourth-order valence-electron chi connectivity index (χ4n) is 3.43. The van der Waals surface area contributed by atoms with Crippen LogP contribution in [-0.4, -0.2) is 37.4 Å². The zero-order valence-electron chi connectivity index (χ0n) is 12.2. The maximum Gasteiger partial charge on any atom is 0.446 e. The lowest BCUT2D eigenvalue weighted by Gasteiger charge is -2.18. The summed E-state index contributed by atoms with van der Waals surface area (Å²) in [6.45, 7) is 0.840. The lowest BCUT2D eigenvalue weighted by atomic mass is 9.98. The summed E-state index contributed by atoms with van der Waals surface area (Å²) < 4.78 is 63.6. The van der Waals surface area contributed by atoms with Crippen LogP contribution in [0.25, 0.3) is 0 Å². The molecule has 23 heavy (non-hydrogen) atoms. The Hall–Kier alpha value is -0.770. The number of thioether (sulfide) groups is 1. The molecule has 0 spiro atoms. The van der Waals surface area contributed by atoms with Gasteiger partial charge in [0, 0.05) is 24.0 Å². The largest absolute Gasteiger partial charge is 0.446 e. The van der Waals surface area contributed by atoms with E-state index in [9.17, 15) is 21.6 Å². The molecule has 3 rings (SSSR count). The third-order valence-corrected chi connectivity index (χ3v) is 7.16. The number of benzene rings is 1. The second kappa shape index (κ2) is 5.94. The molecule has 2 N–H and O–H groups in total. The molecular weight excluding hydrogens is 349 g/mol. The van der Waals surface area contributed by atoms with Crippen LogP contribution in [0.5, 0.6) is 0 Å². The summed E-state index contributed by atoms with van der Waals surface area (Å²) in [5, 5.41) is 0. The summed E-state index contributed by atoms with van der Waals surface area (Å²) >= 11 is -0.259. The SMILES string of the molecule is NC1CCC2CN(S(=O)(=O)c3ccc(SC(F)(F)F)cc3)CC12. The fourth-order valence-corrected chi connectivity index (χ4v) is 5.50. The van der Waals surface area contributed by atoms with Crippen molar-refractivity contribution in [2.75, 3.05) is 13.1 Å². The molecule has 1 saturated heterocycles. The van der Waals surface area contributed by atoms with Crippen LogP contribution >= 0.6 is 11.8 Å². The van der Waals surface area contributed by atoms with Gasteiger partial charge < -0.3 is 5.73 Å². The van der Waals surface area contributed by atoms with Crippen LogP contribution in [0.15, 0.2) is 34.1 Å². The van der Waals surface area contributed by atoms with E-state index < -0.39 is 15.5 Å². The predicted molar refractivity (Wildman–Crippen MR) is 81.3 cm³/mol. The minimum absolute atomic E-state index is 0.0255. The van der Waals surface area contributed by atoms with Crippen molar-refractivity contribution in [1.82, 2.24) is 4.31 Å². The molecule has 9 heteroatoms. The number of fused-ring (bicyclic) bond motifs is 1. The van der Waals surface area contributed by atoms with Crippen molar-refractivity contribution in [3.63, 3.8) is 0 Å². The van der Waals surface area contributed by atoms with Crippen molar-refractivity contribution < 1.29 is 21.6 Å². The number of rotatable bonds is 3. The van der Waals surface area contributed by atoms with Crippen molar-refractivity contribution in [2.45, 2.75) is 34.2 Å². The quantitative estimate of drug-likeness (QED) is 0.836. The van der Waals surface area contributed by atoms with Gasteiger partial charge in [0.05, 0.1) is 4.90 Å². The average molecular weight is 366 g/mol. The van der Waals surface area contributed by atoms with Crippen LogP contribution in [0.4, 0.5) is 13.2 Å². The third kappa shape index (κ3) is 3.52. The first-order valence-electron chi connectivity index (χ1n) is 7.28. The van der Waals surface area contributed by atoms with E-state index in [1.807, 2.05) is 0 Å². The van der Waals surface area contributed by atoms with Crippen LogP contribution in [0, 0.1) is 11.8 Å². The van der Waals surface area contributed by atoms with Crippen molar-refractivity contribution >= 4 is 21.8 Å². The summed E-state index contributed by atoms with van der Waals surface area (Å²) in [4.78, 5) is -0.00525. The average Bonchev–Trinajstić information content (AvgIpc) is 3.01. The van der Waals surface area contributed by atoms with E-state index in [1.54, 1.807) is 0 Å². The van der Waals surface area contributed by atoms with Crippen LogP contribution in [0.3, 0.4) is 0 Å². The van der Waals surface area contributed by atoms with Gasteiger partial charge in [-0.3, -0.25) is 0 Å². The monoisotopic (exact) mass is 366 g/mol. The van der Waals surface area contributed by atoms with Gasteiger partial charge in [-0.2, -0.15) is 17.5 Å². The zero-order chi connectivity index (χ0) is 16.8. The normalized spacial score (nSPS) is 29.0. The summed E-state index contributed by atoms with van der Waals surface area (Å²) in [6, 6.07) is 4.88. The molecule has 4 nitrogen and oxygen atoms in total. The second-order valence-electron chi connectivity index (χ2n) is 6.01. The maximum absolute atomic E-state index is 12.6. The number of hydrogen-bond acceptors (Lipinski definition) is 4. The number of nitrogens with two attached hydrogens (primary N) is 1. The summed E-state index contributed by atoms with van der Waals surface area (Å²) in [6.07, 6.45) is 1.85. The molecule has 1 aromatic carbocycles. The van der Waals surface area contributed by atoms with Crippen molar-refractivity contribution in [1.29, 1.82) is 0 Å². The molecule has 0 radical (unpaired) electrons. The predicted octanol–water partition coefficient (Wildman–Crippen LogP) is 2.66. The first-order chi connectivity index (χ1) is 10.7. The Morgan fingerprint density at radius 1 is 1.13 bits per heavy atom. The molecule has 3 atom stereocenters. The van der Waals surface area contributed by atoms with Crippen LogP contribution in [-0.2, 0) is 10.0 Å². The Morgan fingerprint density at radius 3 is 2.35 bits per heavy atom. The van der Waals surface area contributed by atoms with Gasteiger partial charge in [-0.05, 0) is 60.7 Å². The number of nitrogens with zero attached hydrogens (tertiary/aromatic N) is 1. The first kappa shape index (κ1) is 17.1. The van der Waals surface area contributed by atoms with Gasteiger partial charge in [0.15, 0.2) is 0 Å². The standard InChI is InChI=1S/C14H17F3N2O2S2/c15-14(16,17)22-10-2-4-11(5-3-10)23(20,21)19-7-9-1-6-13(18)12(9)8-19/h2-5,9,12-13H,1,6-8,18H2. The topological polar surface area (TPSA) is 63.4 Å². The van der Waals surface area contributed by atoms with E-state index in [2.05, 4.69) is 0 Å². The molecule has 2 aliphatic rings. The summed E-state index contributed by atoms with van der Waals surface area (Å²) in [5.41, 5.74) is 1.63. The lowest BCUT2D eigenvalue weighted by Crippen LogP contribution is -2.33. The maximum atomic E-state index is 12.6. The molecule has 0 bridgehead atoms. The van der Waals surface area contributed by atoms with Crippen LogP contribution < -0.4 is 5.73 Å². The molecule has 1 aliphatic heterocycles. The molecule has 1 aliphatic carbocycles. The third-order valence-electron chi connectivity index (χ3n) is 4.57. The molecule has 2 fully saturated rings. The van der Waals surface area contributed by atoms with Gasteiger partial charge in [-0.15, -0.1) is 0 Å².